The minimum absolute atomic E-state index is 0.0630. The average molecular weight is 397 g/mol. The summed E-state index contributed by atoms with van der Waals surface area (Å²) in [5.41, 5.74) is 0.958. The number of amides is 1. The van der Waals surface area contributed by atoms with Crippen molar-refractivity contribution in [3.63, 3.8) is 0 Å². The first-order chi connectivity index (χ1) is 14.0. The van der Waals surface area contributed by atoms with E-state index in [9.17, 15) is 18.8 Å². The fourth-order valence-corrected chi connectivity index (χ4v) is 4.25. The van der Waals surface area contributed by atoms with E-state index in [0.717, 1.165) is 0 Å². The molecule has 1 aromatic carbocycles. The third-order valence-corrected chi connectivity index (χ3v) is 5.46. The maximum absolute atomic E-state index is 14.5. The molecule has 0 saturated heterocycles. The van der Waals surface area contributed by atoms with Gasteiger partial charge in [0.05, 0.1) is 12.9 Å². The SMILES string of the molecule is CCOC(=O)C1C(=O)C2=C(CC1c1ccco1)NC(=O)CC2c1ccccc1F. The van der Waals surface area contributed by atoms with Crippen LogP contribution in [0.5, 0.6) is 0 Å². The van der Waals surface area contributed by atoms with E-state index in [0.29, 0.717) is 11.5 Å². The summed E-state index contributed by atoms with van der Waals surface area (Å²) in [6.07, 6.45) is 1.62. The first kappa shape index (κ1) is 19.1. The van der Waals surface area contributed by atoms with E-state index in [1.54, 1.807) is 37.3 Å². The number of Topliss-reactive ketones (excluding diaryl/α,β-unsaturated/α-hetero) is 1. The second kappa shape index (κ2) is 7.66. The minimum Gasteiger partial charge on any atom is -0.469 e. The molecule has 0 bridgehead atoms. The number of nitrogens with one attached hydrogen (secondary N) is 1. The van der Waals surface area contributed by atoms with Gasteiger partial charge in [-0.2, -0.15) is 0 Å². The summed E-state index contributed by atoms with van der Waals surface area (Å²) in [7, 11) is 0. The minimum atomic E-state index is -1.11. The van der Waals surface area contributed by atoms with Gasteiger partial charge in [0.25, 0.3) is 0 Å². The van der Waals surface area contributed by atoms with Crippen molar-refractivity contribution in [2.24, 2.45) is 5.92 Å². The highest BCUT2D eigenvalue weighted by Gasteiger charge is 2.48. The molecule has 1 aliphatic heterocycles. The lowest BCUT2D eigenvalue weighted by Gasteiger charge is -2.37. The van der Waals surface area contributed by atoms with Crippen LogP contribution < -0.4 is 5.32 Å². The number of ketones is 1. The number of ether oxygens (including phenoxy) is 1. The summed E-state index contributed by atoms with van der Waals surface area (Å²) in [5, 5.41) is 2.75. The van der Waals surface area contributed by atoms with Crippen molar-refractivity contribution in [1.82, 2.24) is 5.32 Å². The number of esters is 1. The molecule has 2 heterocycles. The molecule has 0 fully saturated rings. The molecule has 1 aliphatic carbocycles. The molecule has 29 heavy (non-hydrogen) atoms. The van der Waals surface area contributed by atoms with Gasteiger partial charge in [-0.05, 0) is 37.1 Å². The van der Waals surface area contributed by atoms with Crippen LogP contribution in [0.3, 0.4) is 0 Å². The zero-order chi connectivity index (χ0) is 20.5. The van der Waals surface area contributed by atoms with Gasteiger partial charge in [0.2, 0.25) is 5.91 Å². The Hall–Kier alpha value is -3.22. The number of benzene rings is 1. The number of allylic oxidation sites excluding steroid dienone is 2. The second-order valence-electron chi connectivity index (χ2n) is 7.14. The van der Waals surface area contributed by atoms with Crippen molar-refractivity contribution in [2.75, 3.05) is 6.61 Å². The molecular formula is C22H20FNO5. The van der Waals surface area contributed by atoms with Crippen molar-refractivity contribution < 1.29 is 27.9 Å². The summed E-state index contributed by atoms with van der Waals surface area (Å²) in [6, 6.07) is 9.43. The molecule has 1 aromatic heterocycles. The van der Waals surface area contributed by atoms with Crippen LogP contribution in [-0.4, -0.2) is 24.3 Å². The first-order valence-corrected chi connectivity index (χ1v) is 9.52. The fourth-order valence-electron chi connectivity index (χ4n) is 4.25. The highest BCUT2D eigenvalue weighted by Crippen LogP contribution is 2.46. The lowest BCUT2D eigenvalue weighted by atomic mass is 9.69. The Morgan fingerprint density at radius 1 is 1.21 bits per heavy atom. The predicted molar refractivity (Wildman–Crippen MR) is 100 cm³/mol. The van der Waals surface area contributed by atoms with Crippen LogP contribution in [0.2, 0.25) is 0 Å². The molecule has 2 aliphatic rings. The van der Waals surface area contributed by atoms with Crippen LogP contribution in [0.4, 0.5) is 4.39 Å². The zero-order valence-electron chi connectivity index (χ0n) is 15.8. The summed E-state index contributed by atoms with van der Waals surface area (Å²) in [5.74, 6) is -3.88. The van der Waals surface area contributed by atoms with E-state index < -0.39 is 35.3 Å². The summed E-state index contributed by atoms with van der Waals surface area (Å²) in [4.78, 5) is 38.5. The van der Waals surface area contributed by atoms with Gasteiger partial charge in [0.15, 0.2) is 5.78 Å². The molecule has 3 atom stereocenters. The van der Waals surface area contributed by atoms with Crippen molar-refractivity contribution in [3.05, 3.63) is 71.1 Å². The Balaban J connectivity index is 1.83. The highest BCUT2D eigenvalue weighted by molar-refractivity contribution is 6.12. The molecule has 7 heteroatoms. The van der Waals surface area contributed by atoms with E-state index in [-0.39, 0.29) is 36.5 Å². The molecule has 3 unspecified atom stereocenters. The highest BCUT2D eigenvalue weighted by atomic mass is 19.1. The van der Waals surface area contributed by atoms with Crippen LogP contribution in [-0.2, 0) is 19.1 Å². The van der Waals surface area contributed by atoms with E-state index in [4.69, 9.17) is 9.15 Å². The van der Waals surface area contributed by atoms with E-state index in [1.165, 1.54) is 12.3 Å². The standard InChI is InChI=1S/C22H20FNO5/c1-2-28-22(27)20-14(17-8-5-9-29-17)10-16-19(21(20)26)13(11-18(25)24-16)12-6-3-4-7-15(12)23/h3-9,13-14,20H,2,10-11H2,1H3,(H,24,25). The van der Waals surface area contributed by atoms with Crippen molar-refractivity contribution >= 4 is 17.7 Å². The van der Waals surface area contributed by atoms with Crippen LogP contribution in [0.25, 0.3) is 0 Å². The van der Waals surface area contributed by atoms with Gasteiger partial charge >= 0.3 is 5.97 Å². The Morgan fingerprint density at radius 2 is 2.00 bits per heavy atom. The number of hydrogen-bond donors (Lipinski definition) is 1. The largest absolute Gasteiger partial charge is 0.469 e. The molecule has 0 saturated carbocycles. The van der Waals surface area contributed by atoms with E-state index in [1.807, 2.05) is 0 Å². The third kappa shape index (κ3) is 3.37. The summed E-state index contributed by atoms with van der Waals surface area (Å²) >= 11 is 0. The van der Waals surface area contributed by atoms with Gasteiger partial charge in [-0.3, -0.25) is 14.4 Å². The van der Waals surface area contributed by atoms with E-state index >= 15 is 0 Å². The quantitative estimate of drug-likeness (QED) is 0.633. The Kier molecular flexibility index (Phi) is 5.05. The Bertz CT molecular complexity index is 994. The molecule has 0 spiro atoms. The Morgan fingerprint density at radius 3 is 2.69 bits per heavy atom. The van der Waals surface area contributed by atoms with Gasteiger partial charge in [-0.15, -0.1) is 0 Å². The number of halogens is 1. The average Bonchev–Trinajstić information content (AvgIpc) is 3.22. The molecule has 150 valence electrons. The number of carbonyl (C=O) groups is 3. The lowest BCUT2D eigenvalue weighted by molar-refractivity contribution is -0.152. The van der Waals surface area contributed by atoms with Crippen molar-refractivity contribution in [2.45, 2.75) is 31.6 Å². The van der Waals surface area contributed by atoms with Gasteiger partial charge in [0.1, 0.15) is 17.5 Å². The fraction of sp³-hybridized carbons (Fsp3) is 0.318. The van der Waals surface area contributed by atoms with Crippen molar-refractivity contribution in [1.29, 1.82) is 0 Å². The molecule has 6 nitrogen and oxygen atoms in total. The van der Waals surface area contributed by atoms with Gasteiger partial charge < -0.3 is 14.5 Å². The lowest BCUT2D eigenvalue weighted by Crippen LogP contribution is -2.44. The molecule has 0 radical (unpaired) electrons. The molecule has 2 aromatic rings. The number of rotatable bonds is 4. The number of carbonyl (C=O) groups excluding carboxylic acids is 3. The topological polar surface area (TPSA) is 85.6 Å². The Labute approximate surface area is 166 Å². The van der Waals surface area contributed by atoms with Crippen LogP contribution in [0.1, 0.15) is 42.9 Å². The molecule has 4 rings (SSSR count). The third-order valence-electron chi connectivity index (χ3n) is 5.46. The van der Waals surface area contributed by atoms with Crippen LogP contribution in [0, 0.1) is 11.7 Å². The molecular weight excluding hydrogens is 377 g/mol. The van der Waals surface area contributed by atoms with E-state index in [2.05, 4.69) is 5.32 Å². The van der Waals surface area contributed by atoms with Crippen LogP contribution in [0.15, 0.2) is 58.3 Å². The second-order valence-corrected chi connectivity index (χ2v) is 7.14. The predicted octanol–water partition coefficient (Wildman–Crippen LogP) is 3.21. The van der Waals surface area contributed by atoms with Gasteiger partial charge in [-0.25, -0.2) is 4.39 Å². The van der Waals surface area contributed by atoms with Gasteiger partial charge in [-0.1, -0.05) is 18.2 Å². The smallest absolute Gasteiger partial charge is 0.317 e. The molecule has 1 N–H and O–H groups in total. The number of furan rings is 1. The van der Waals surface area contributed by atoms with Crippen LogP contribution >= 0.6 is 0 Å². The summed E-state index contributed by atoms with van der Waals surface area (Å²) in [6.45, 7) is 1.80. The molecule has 1 amide bonds. The monoisotopic (exact) mass is 397 g/mol. The maximum Gasteiger partial charge on any atom is 0.317 e. The maximum atomic E-state index is 14.5. The number of hydrogen-bond acceptors (Lipinski definition) is 5. The normalized spacial score (nSPS) is 24.1. The zero-order valence-corrected chi connectivity index (χ0v) is 15.8. The first-order valence-electron chi connectivity index (χ1n) is 9.52. The summed E-state index contributed by atoms with van der Waals surface area (Å²) < 4.78 is 25.1. The van der Waals surface area contributed by atoms with Crippen molar-refractivity contribution in [3.8, 4) is 0 Å². The van der Waals surface area contributed by atoms with Gasteiger partial charge in [0, 0.05) is 29.5 Å².